The number of hydrogen-bond acceptors (Lipinski definition) is 5. The number of thiophene rings is 1. The first kappa shape index (κ1) is 19.4. The van der Waals surface area contributed by atoms with Crippen LogP contribution in [0.1, 0.15) is 15.2 Å². The maximum atomic E-state index is 12.7. The van der Waals surface area contributed by atoms with Gasteiger partial charge in [0, 0.05) is 29.5 Å². The number of anilines is 3. The van der Waals surface area contributed by atoms with Gasteiger partial charge in [0.05, 0.1) is 11.2 Å². The maximum absolute atomic E-state index is 12.7. The molecule has 0 atom stereocenters. The maximum Gasteiger partial charge on any atom is 0.316 e. The number of primary amides is 1. The number of hydrogen-bond donors (Lipinski definition) is 4. The van der Waals surface area contributed by atoms with E-state index in [4.69, 9.17) is 5.73 Å². The number of benzene rings is 2. The number of amides is 3. The Morgan fingerprint density at radius 3 is 2.43 bits per heavy atom. The number of aromatic nitrogens is 1. The van der Waals surface area contributed by atoms with Crippen molar-refractivity contribution < 1.29 is 9.59 Å². The van der Waals surface area contributed by atoms with E-state index in [0.717, 1.165) is 22.2 Å². The van der Waals surface area contributed by atoms with Gasteiger partial charge in [-0.15, -0.1) is 11.3 Å². The summed E-state index contributed by atoms with van der Waals surface area (Å²) in [5.41, 5.74) is 9.09. The van der Waals surface area contributed by atoms with Crippen molar-refractivity contribution in [3.8, 4) is 0 Å². The predicted molar refractivity (Wildman–Crippen MR) is 121 cm³/mol. The topological polar surface area (TPSA) is 109 Å². The van der Waals surface area contributed by atoms with E-state index in [2.05, 4.69) is 20.9 Å². The highest BCUT2D eigenvalue weighted by Crippen LogP contribution is 2.26. The van der Waals surface area contributed by atoms with E-state index in [1.807, 2.05) is 41.8 Å². The van der Waals surface area contributed by atoms with Crippen LogP contribution in [0.2, 0.25) is 0 Å². The van der Waals surface area contributed by atoms with Crippen molar-refractivity contribution >= 4 is 51.2 Å². The van der Waals surface area contributed by atoms with Crippen molar-refractivity contribution in [2.45, 2.75) is 6.54 Å². The van der Waals surface area contributed by atoms with Gasteiger partial charge in [-0.3, -0.25) is 9.78 Å². The van der Waals surface area contributed by atoms with Crippen molar-refractivity contribution in [3.63, 3.8) is 0 Å². The summed E-state index contributed by atoms with van der Waals surface area (Å²) >= 11 is 1.37. The van der Waals surface area contributed by atoms with Crippen LogP contribution in [0.25, 0.3) is 10.9 Å². The fourth-order valence-corrected chi connectivity index (χ4v) is 3.86. The van der Waals surface area contributed by atoms with E-state index in [9.17, 15) is 9.59 Å². The second kappa shape index (κ2) is 8.62. The van der Waals surface area contributed by atoms with Crippen molar-refractivity contribution in [2.24, 2.45) is 5.73 Å². The highest BCUT2D eigenvalue weighted by atomic mass is 32.1. The van der Waals surface area contributed by atoms with Gasteiger partial charge in [-0.05, 0) is 53.4 Å². The van der Waals surface area contributed by atoms with Gasteiger partial charge in [0.25, 0.3) is 5.91 Å². The van der Waals surface area contributed by atoms with Crippen LogP contribution in [-0.2, 0) is 6.54 Å². The first-order valence-electron chi connectivity index (χ1n) is 9.22. The summed E-state index contributed by atoms with van der Waals surface area (Å²) in [7, 11) is 0. The van der Waals surface area contributed by atoms with Crippen LogP contribution >= 0.6 is 11.3 Å². The Hall–Kier alpha value is -3.91. The standard InChI is InChI=1S/C22H19N5O2S/c23-22(29)27-16-7-5-15(6-8-16)26-21(28)20-19(10-12-30-20)25-13-14-9-11-24-18-4-2-1-3-17(14)18/h1-12,25H,13H2,(H,26,28)(H3,23,27,29). The minimum Gasteiger partial charge on any atom is -0.380 e. The number of urea groups is 1. The molecule has 150 valence electrons. The number of fused-ring (bicyclic) bond motifs is 1. The second-order valence-electron chi connectivity index (χ2n) is 6.52. The van der Waals surface area contributed by atoms with E-state index in [1.54, 1.807) is 30.5 Å². The fraction of sp³-hybridized carbons (Fsp3) is 0.0455. The minimum atomic E-state index is -0.636. The second-order valence-corrected chi connectivity index (χ2v) is 7.44. The average molecular weight is 417 g/mol. The molecule has 0 aliphatic carbocycles. The minimum absolute atomic E-state index is 0.206. The van der Waals surface area contributed by atoms with Crippen LogP contribution in [0.5, 0.6) is 0 Å². The van der Waals surface area contributed by atoms with Gasteiger partial charge in [-0.1, -0.05) is 18.2 Å². The predicted octanol–water partition coefficient (Wildman–Crippen LogP) is 4.65. The Balaban J connectivity index is 1.45. The monoisotopic (exact) mass is 417 g/mol. The van der Waals surface area contributed by atoms with Crippen molar-refractivity contribution in [3.05, 3.63) is 82.7 Å². The normalized spacial score (nSPS) is 10.5. The SMILES string of the molecule is NC(=O)Nc1ccc(NC(=O)c2sccc2NCc2ccnc3ccccc23)cc1. The van der Waals surface area contributed by atoms with Crippen LogP contribution in [0.15, 0.2) is 72.2 Å². The lowest BCUT2D eigenvalue weighted by Crippen LogP contribution is -2.19. The van der Waals surface area contributed by atoms with Crippen LogP contribution in [0.4, 0.5) is 21.9 Å². The zero-order valence-electron chi connectivity index (χ0n) is 15.9. The molecule has 4 aromatic rings. The Morgan fingerprint density at radius 1 is 0.933 bits per heavy atom. The zero-order chi connectivity index (χ0) is 20.9. The van der Waals surface area contributed by atoms with E-state index in [1.165, 1.54) is 11.3 Å². The van der Waals surface area contributed by atoms with Crippen LogP contribution in [0.3, 0.4) is 0 Å². The van der Waals surface area contributed by atoms with Gasteiger partial charge in [-0.2, -0.15) is 0 Å². The molecule has 5 N–H and O–H groups in total. The van der Waals surface area contributed by atoms with Crippen LogP contribution in [-0.4, -0.2) is 16.9 Å². The molecule has 3 amide bonds. The number of pyridine rings is 1. The molecule has 2 heterocycles. The van der Waals surface area contributed by atoms with Crippen molar-refractivity contribution in [1.29, 1.82) is 0 Å². The van der Waals surface area contributed by atoms with Crippen LogP contribution in [0, 0.1) is 0 Å². The third-order valence-corrected chi connectivity index (χ3v) is 5.40. The van der Waals surface area contributed by atoms with Gasteiger partial charge < -0.3 is 21.7 Å². The molecular formula is C22H19N5O2S. The van der Waals surface area contributed by atoms with Crippen molar-refractivity contribution in [2.75, 3.05) is 16.0 Å². The van der Waals surface area contributed by atoms with Gasteiger partial charge in [0.1, 0.15) is 4.88 Å². The van der Waals surface area contributed by atoms with Gasteiger partial charge in [0.15, 0.2) is 0 Å². The van der Waals surface area contributed by atoms with Gasteiger partial charge >= 0.3 is 6.03 Å². The zero-order valence-corrected chi connectivity index (χ0v) is 16.7. The molecule has 7 nitrogen and oxygen atoms in total. The fourth-order valence-electron chi connectivity index (χ4n) is 3.09. The Labute approximate surface area is 176 Å². The number of carbonyl (C=O) groups is 2. The lowest BCUT2D eigenvalue weighted by Gasteiger charge is -2.10. The molecule has 0 aliphatic heterocycles. The highest BCUT2D eigenvalue weighted by molar-refractivity contribution is 7.12. The van der Waals surface area contributed by atoms with Gasteiger partial charge in [0.2, 0.25) is 0 Å². The number of carbonyl (C=O) groups excluding carboxylic acids is 2. The molecule has 0 saturated heterocycles. The lowest BCUT2D eigenvalue weighted by molar-refractivity contribution is 0.103. The first-order valence-corrected chi connectivity index (χ1v) is 10.1. The lowest BCUT2D eigenvalue weighted by atomic mass is 10.1. The first-order chi connectivity index (χ1) is 14.6. The van der Waals surface area contributed by atoms with Crippen LogP contribution < -0.4 is 21.7 Å². The molecule has 0 bridgehead atoms. The Morgan fingerprint density at radius 2 is 1.67 bits per heavy atom. The van der Waals surface area contributed by atoms with E-state index < -0.39 is 6.03 Å². The third-order valence-electron chi connectivity index (χ3n) is 4.49. The third kappa shape index (κ3) is 4.39. The number of para-hydroxylation sites is 1. The number of nitrogens with zero attached hydrogens (tertiary/aromatic N) is 1. The molecule has 8 heteroatoms. The number of nitrogens with one attached hydrogen (secondary N) is 3. The molecule has 0 fully saturated rings. The Bertz CT molecular complexity index is 1200. The molecule has 0 saturated carbocycles. The average Bonchev–Trinajstić information content (AvgIpc) is 3.22. The number of rotatable bonds is 6. The molecule has 2 aromatic heterocycles. The molecule has 0 unspecified atom stereocenters. The summed E-state index contributed by atoms with van der Waals surface area (Å²) in [6, 6.07) is 17.9. The molecule has 2 aromatic carbocycles. The smallest absolute Gasteiger partial charge is 0.316 e. The van der Waals surface area contributed by atoms with Gasteiger partial charge in [-0.25, -0.2) is 4.79 Å². The highest BCUT2D eigenvalue weighted by Gasteiger charge is 2.14. The summed E-state index contributed by atoms with van der Waals surface area (Å²) in [4.78, 5) is 28.6. The summed E-state index contributed by atoms with van der Waals surface area (Å²) in [5, 5.41) is 11.7. The molecule has 0 aliphatic rings. The molecule has 0 radical (unpaired) electrons. The molecule has 4 rings (SSSR count). The van der Waals surface area contributed by atoms with E-state index in [-0.39, 0.29) is 5.91 Å². The molecule has 0 spiro atoms. The summed E-state index contributed by atoms with van der Waals surface area (Å²) in [5.74, 6) is -0.206. The summed E-state index contributed by atoms with van der Waals surface area (Å²) in [6.45, 7) is 0.577. The molecule has 30 heavy (non-hydrogen) atoms. The van der Waals surface area contributed by atoms with Crippen molar-refractivity contribution in [1.82, 2.24) is 4.98 Å². The number of nitrogens with two attached hydrogens (primary N) is 1. The van der Waals surface area contributed by atoms with E-state index in [0.29, 0.717) is 22.8 Å². The quantitative estimate of drug-likeness (QED) is 0.366. The largest absolute Gasteiger partial charge is 0.380 e. The Kier molecular flexibility index (Phi) is 5.58. The summed E-state index contributed by atoms with van der Waals surface area (Å²) in [6.07, 6.45) is 1.79. The van der Waals surface area contributed by atoms with E-state index >= 15 is 0 Å². The summed E-state index contributed by atoms with van der Waals surface area (Å²) < 4.78 is 0. The molecular weight excluding hydrogens is 398 g/mol.